The highest BCUT2D eigenvalue weighted by atomic mass is 79.9. The van der Waals surface area contributed by atoms with Gasteiger partial charge in [-0.05, 0) is 17.7 Å². The van der Waals surface area contributed by atoms with E-state index >= 15 is 0 Å². The number of nitrogens with one attached hydrogen (secondary N) is 1. The van der Waals surface area contributed by atoms with Crippen molar-refractivity contribution in [2.75, 3.05) is 19.0 Å². The lowest BCUT2D eigenvalue weighted by atomic mass is 10.1. The summed E-state index contributed by atoms with van der Waals surface area (Å²) in [5.74, 6) is 0.00426. The van der Waals surface area contributed by atoms with Gasteiger partial charge in [0.05, 0.1) is 19.1 Å². The first-order valence-corrected chi connectivity index (χ1v) is 7.16. The predicted molar refractivity (Wildman–Crippen MR) is 75.4 cm³/mol. The Labute approximate surface area is 118 Å². The van der Waals surface area contributed by atoms with Gasteiger partial charge in [-0.25, -0.2) is 0 Å². The van der Waals surface area contributed by atoms with Crippen molar-refractivity contribution < 1.29 is 9.53 Å². The standard InChI is InChI=1S/C12H15Br2NO2/c1-17-8-11(7-13)15-12(16)6-9-3-2-4-10(14)5-9/h2-5,11H,6-8H2,1H3,(H,15,16). The van der Waals surface area contributed by atoms with Crippen LogP contribution in [0.25, 0.3) is 0 Å². The van der Waals surface area contributed by atoms with Crippen LogP contribution in [0.5, 0.6) is 0 Å². The van der Waals surface area contributed by atoms with Gasteiger partial charge in [-0.1, -0.05) is 44.0 Å². The summed E-state index contributed by atoms with van der Waals surface area (Å²) in [5, 5.41) is 3.60. The molecular formula is C12H15Br2NO2. The zero-order valence-corrected chi connectivity index (χ0v) is 12.8. The van der Waals surface area contributed by atoms with E-state index in [4.69, 9.17) is 4.74 Å². The van der Waals surface area contributed by atoms with Crippen molar-refractivity contribution in [1.29, 1.82) is 0 Å². The highest BCUT2D eigenvalue weighted by molar-refractivity contribution is 9.10. The number of rotatable bonds is 6. The number of carbonyl (C=O) groups excluding carboxylic acids is 1. The van der Waals surface area contributed by atoms with E-state index in [0.29, 0.717) is 18.4 Å². The highest BCUT2D eigenvalue weighted by Crippen LogP contribution is 2.12. The molecule has 5 heteroatoms. The predicted octanol–water partition coefficient (Wildman–Crippen LogP) is 2.52. The quantitative estimate of drug-likeness (QED) is 0.787. The maximum Gasteiger partial charge on any atom is 0.224 e. The number of ether oxygens (including phenoxy) is 1. The summed E-state index contributed by atoms with van der Waals surface area (Å²) in [6, 6.07) is 7.75. The van der Waals surface area contributed by atoms with Crippen molar-refractivity contribution >= 4 is 37.8 Å². The van der Waals surface area contributed by atoms with Crippen molar-refractivity contribution in [3.63, 3.8) is 0 Å². The fraction of sp³-hybridized carbons (Fsp3) is 0.417. The monoisotopic (exact) mass is 363 g/mol. The van der Waals surface area contributed by atoms with Crippen LogP contribution in [0.3, 0.4) is 0 Å². The van der Waals surface area contributed by atoms with Gasteiger partial charge >= 0.3 is 0 Å². The van der Waals surface area contributed by atoms with Crippen LogP contribution < -0.4 is 5.32 Å². The second-order valence-corrected chi connectivity index (χ2v) is 5.24. The van der Waals surface area contributed by atoms with Gasteiger partial charge in [0.2, 0.25) is 5.91 Å². The summed E-state index contributed by atoms with van der Waals surface area (Å²) in [4.78, 5) is 11.8. The van der Waals surface area contributed by atoms with Gasteiger partial charge in [-0.3, -0.25) is 4.79 Å². The van der Waals surface area contributed by atoms with E-state index in [2.05, 4.69) is 37.2 Å². The Hall–Kier alpha value is -0.390. The molecule has 0 aliphatic heterocycles. The minimum absolute atomic E-state index is 0.00426. The second kappa shape index (κ2) is 7.84. The van der Waals surface area contributed by atoms with Gasteiger partial charge in [0.25, 0.3) is 0 Å². The molecule has 1 amide bonds. The van der Waals surface area contributed by atoms with E-state index in [1.807, 2.05) is 24.3 Å². The number of carbonyl (C=O) groups is 1. The van der Waals surface area contributed by atoms with E-state index < -0.39 is 0 Å². The fourth-order valence-electron chi connectivity index (χ4n) is 1.44. The normalized spacial score (nSPS) is 12.2. The average Bonchev–Trinajstić information content (AvgIpc) is 2.28. The van der Waals surface area contributed by atoms with Crippen LogP contribution in [-0.4, -0.2) is 31.0 Å². The first kappa shape index (κ1) is 14.7. The molecule has 1 aromatic carbocycles. The number of methoxy groups -OCH3 is 1. The minimum atomic E-state index is 0.00426. The Kier molecular flexibility index (Phi) is 6.77. The maximum absolute atomic E-state index is 11.8. The molecule has 17 heavy (non-hydrogen) atoms. The van der Waals surface area contributed by atoms with Crippen molar-refractivity contribution in [2.45, 2.75) is 12.5 Å². The lowest BCUT2D eigenvalue weighted by Gasteiger charge is -2.15. The largest absolute Gasteiger partial charge is 0.383 e. The highest BCUT2D eigenvalue weighted by Gasteiger charge is 2.11. The molecule has 0 heterocycles. The van der Waals surface area contributed by atoms with Gasteiger partial charge in [0.15, 0.2) is 0 Å². The average molecular weight is 365 g/mol. The smallest absolute Gasteiger partial charge is 0.224 e. The molecule has 1 aromatic rings. The van der Waals surface area contributed by atoms with E-state index in [9.17, 15) is 4.79 Å². The summed E-state index contributed by atoms with van der Waals surface area (Å²) in [6.07, 6.45) is 0.382. The lowest BCUT2D eigenvalue weighted by Crippen LogP contribution is -2.40. The Bertz CT molecular complexity index is 371. The van der Waals surface area contributed by atoms with Crippen LogP contribution in [0.1, 0.15) is 5.56 Å². The molecule has 0 aliphatic carbocycles. The van der Waals surface area contributed by atoms with Crippen LogP contribution in [-0.2, 0) is 16.0 Å². The topological polar surface area (TPSA) is 38.3 Å². The summed E-state index contributed by atoms with van der Waals surface area (Å²) >= 11 is 6.72. The molecule has 0 spiro atoms. The first-order chi connectivity index (χ1) is 8.15. The van der Waals surface area contributed by atoms with Gasteiger partial charge in [0, 0.05) is 16.9 Å². The third-order valence-electron chi connectivity index (χ3n) is 2.17. The molecule has 1 unspecified atom stereocenters. The third kappa shape index (κ3) is 5.66. The molecule has 0 fully saturated rings. The van der Waals surface area contributed by atoms with Crippen molar-refractivity contribution in [1.82, 2.24) is 5.32 Å². The zero-order chi connectivity index (χ0) is 12.7. The number of hydrogen-bond donors (Lipinski definition) is 1. The Morgan fingerprint density at radius 3 is 2.88 bits per heavy atom. The molecule has 0 aliphatic rings. The lowest BCUT2D eigenvalue weighted by molar-refractivity contribution is -0.121. The summed E-state index contributed by atoms with van der Waals surface area (Å²) < 4.78 is 6.00. The molecule has 0 radical (unpaired) electrons. The Morgan fingerprint density at radius 1 is 1.53 bits per heavy atom. The number of benzene rings is 1. The molecule has 0 saturated carbocycles. The van der Waals surface area contributed by atoms with Crippen molar-refractivity contribution in [3.05, 3.63) is 34.3 Å². The van der Waals surface area contributed by atoms with Crippen LogP contribution in [0.4, 0.5) is 0 Å². The van der Waals surface area contributed by atoms with Gasteiger partial charge in [-0.15, -0.1) is 0 Å². The molecule has 0 bridgehead atoms. The number of alkyl halides is 1. The fourth-order valence-corrected chi connectivity index (χ4v) is 2.23. The van der Waals surface area contributed by atoms with Crippen molar-refractivity contribution in [2.24, 2.45) is 0 Å². The Balaban J connectivity index is 2.49. The van der Waals surface area contributed by atoms with Crippen LogP contribution in [0.2, 0.25) is 0 Å². The number of amides is 1. The molecule has 1 rings (SSSR count). The molecule has 1 atom stereocenters. The zero-order valence-electron chi connectivity index (χ0n) is 9.58. The van der Waals surface area contributed by atoms with E-state index in [1.54, 1.807) is 7.11 Å². The first-order valence-electron chi connectivity index (χ1n) is 5.24. The second-order valence-electron chi connectivity index (χ2n) is 3.68. The van der Waals surface area contributed by atoms with Gasteiger partial charge in [0.1, 0.15) is 0 Å². The molecular weight excluding hydrogens is 350 g/mol. The van der Waals surface area contributed by atoms with E-state index in [1.165, 1.54) is 0 Å². The number of hydrogen-bond acceptors (Lipinski definition) is 2. The van der Waals surface area contributed by atoms with E-state index in [-0.39, 0.29) is 11.9 Å². The van der Waals surface area contributed by atoms with Gasteiger partial charge < -0.3 is 10.1 Å². The Morgan fingerprint density at radius 2 is 2.29 bits per heavy atom. The van der Waals surface area contributed by atoms with Crippen LogP contribution >= 0.6 is 31.9 Å². The third-order valence-corrected chi connectivity index (χ3v) is 3.45. The number of halogens is 2. The molecule has 3 nitrogen and oxygen atoms in total. The van der Waals surface area contributed by atoms with Crippen molar-refractivity contribution in [3.8, 4) is 0 Å². The minimum Gasteiger partial charge on any atom is -0.383 e. The SMILES string of the molecule is COCC(CBr)NC(=O)Cc1cccc(Br)c1. The molecule has 0 saturated heterocycles. The van der Waals surface area contributed by atoms with Gasteiger partial charge in [-0.2, -0.15) is 0 Å². The van der Waals surface area contributed by atoms with E-state index in [0.717, 1.165) is 10.0 Å². The maximum atomic E-state index is 11.8. The molecule has 94 valence electrons. The molecule has 0 aromatic heterocycles. The van der Waals surface area contributed by atoms with Crippen LogP contribution in [0, 0.1) is 0 Å². The molecule has 1 N–H and O–H groups in total. The van der Waals surface area contributed by atoms with Crippen LogP contribution in [0.15, 0.2) is 28.7 Å². The summed E-state index contributed by atoms with van der Waals surface area (Å²) in [5.41, 5.74) is 0.989. The summed E-state index contributed by atoms with van der Waals surface area (Å²) in [6.45, 7) is 0.509. The summed E-state index contributed by atoms with van der Waals surface area (Å²) in [7, 11) is 1.62.